The summed E-state index contributed by atoms with van der Waals surface area (Å²) in [4.78, 5) is 2.74. The molecule has 0 saturated carbocycles. The van der Waals surface area contributed by atoms with E-state index in [1.54, 1.807) is 11.1 Å². The zero-order valence-corrected chi connectivity index (χ0v) is 17.0. The number of benzene rings is 2. The van der Waals surface area contributed by atoms with Crippen molar-refractivity contribution in [2.24, 2.45) is 5.92 Å². The van der Waals surface area contributed by atoms with Gasteiger partial charge in [0, 0.05) is 12.5 Å². The van der Waals surface area contributed by atoms with Crippen molar-refractivity contribution in [1.82, 2.24) is 4.90 Å². The Morgan fingerprint density at radius 1 is 0.778 bits per heavy atom. The molecule has 2 aliphatic rings. The van der Waals surface area contributed by atoms with Crippen LogP contribution in [-0.2, 0) is 0 Å². The van der Waals surface area contributed by atoms with Gasteiger partial charge in [0.05, 0.1) is 0 Å². The maximum atomic E-state index is 2.74. The summed E-state index contributed by atoms with van der Waals surface area (Å²) in [5.74, 6) is 1.38. The molecular weight excluding hydrogens is 326 g/mol. The van der Waals surface area contributed by atoms with Gasteiger partial charge < -0.3 is 4.90 Å². The fourth-order valence-corrected chi connectivity index (χ4v) is 5.33. The van der Waals surface area contributed by atoms with E-state index in [1.807, 2.05) is 0 Å². The summed E-state index contributed by atoms with van der Waals surface area (Å²) in [7, 11) is 0. The number of rotatable bonds is 9. The van der Waals surface area contributed by atoms with Crippen LogP contribution in [0.25, 0.3) is 11.1 Å². The molecule has 0 bridgehead atoms. The topological polar surface area (TPSA) is 3.24 Å². The van der Waals surface area contributed by atoms with Gasteiger partial charge in [-0.25, -0.2) is 0 Å². The first-order valence-corrected chi connectivity index (χ1v) is 11.3. The van der Waals surface area contributed by atoms with Crippen LogP contribution < -0.4 is 0 Å². The summed E-state index contributed by atoms with van der Waals surface area (Å²) in [5.41, 5.74) is 6.09. The summed E-state index contributed by atoms with van der Waals surface area (Å²) >= 11 is 0. The van der Waals surface area contributed by atoms with Gasteiger partial charge >= 0.3 is 0 Å². The van der Waals surface area contributed by atoms with E-state index in [1.165, 1.54) is 82.1 Å². The highest BCUT2D eigenvalue weighted by molar-refractivity contribution is 5.78. The predicted octanol–water partition coefficient (Wildman–Crippen LogP) is 6.87. The van der Waals surface area contributed by atoms with Crippen molar-refractivity contribution in [2.45, 2.75) is 64.2 Å². The zero-order chi connectivity index (χ0) is 18.5. The van der Waals surface area contributed by atoms with Gasteiger partial charge in [0.25, 0.3) is 0 Å². The van der Waals surface area contributed by atoms with Gasteiger partial charge in [-0.15, -0.1) is 0 Å². The van der Waals surface area contributed by atoms with Crippen LogP contribution in [0, 0.1) is 5.92 Å². The van der Waals surface area contributed by atoms with E-state index in [-0.39, 0.29) is 0 Å². The second-order valence-electron chi connectivity index (χ2n) is 8.62. The van der Waals surface area contributed by atoms with E-state index in [4.69, 9.17) is 0 Å². The molecule has 144 valence electrons. The molecule has 1 unspecified atom stereocenters. The number of likely N-dealkylation sites (tertiary alicyclic amines) is 1. The Hall–Kier alpha value is -1.60. The first-order valence-electron chi connectivity index (χ1n) is 11.3. The van der Waals surface area contributed by atoms with E-state index in [2.05, 4.69) is 60.4 Å². The average Bonchev–Trinajstić information content (AvgIpc) is 3.29. The molecule has 1 heteroatoms. The highest BCUT2D eigenvalue weighted by atomic mass is 15.1. The third kappa shape index (κ3) is 4.14. The Morgan fingerprint density at radius 2 is 1.37 bits per heavy atom. The number of hydrogen-bond acceptors (Lipinski definition) is 1. The summed E-state index contributed by atoms with van der Waals surface area (Å²) in [6.45, 7) is 6.18. The van der Waals surface area contributed by atoms with Gasteiger partial charge in [-0.05, 0) is 54.1 Å². The number of unbranched alkanes of at least 4 members (excludes halogenated alkanes) is 6. The normalized spacial score (nSPS) is 19.4. The second kappa shape index (κ2) is 9.06. The molecule has 1 aliphatic carbocycles. The monoisotopic (exact) mass is 361 g/mol. The minimum atomic E-state index is 0.608. The quantitative estimate of drug-likeness (QED) is 0.440. The lowest BCUT2D eigenvalue weighted by molar-refractivity contribution is 0.309. The molecule has 1 fully saturated rings. The summed E-state index contributed by atoms with van der Waals surface area (Å²) < 4.78 is 0. The van der Waals surface area contributed by atoms with Gasteiger partial charge in [0.15, 0.2) is 0 Å². The third-order valence-electron chi connectivity index (χ3n) is 6.74. The molecule has 4 rings (SSSR count). The van der Waals surface area contributed by atoms with Crippen molar-refractivity contribution in [2.75, 3.05) is 19.6 Å². The number of hydrogen-bond donors (Lipinski definition) is 0. The molecular formula is C26H35N. The van der Waals surface area contributed by atoms with Crippen molar-refractivity contribution in [3.63, 3.8) is 0 Å². The van der Waals surface area contributed by atoms with E-state index >= 15 is 0 Å². The standard InChI is InChI=1S/C26H35N/c1-2-3-4-5-6-7-12-18-27-19-17-21(20-27)26-24-15-10-8-13-22(24)23-14-9-11-16-25(23)26/h8-11,13-16,21,26H,2-7,12,17-20H2,1H3. The highest BCUT2D eigenvalue weighted by Gasteiger charge is 2.37. The second-order valence-corrected chi connectivity index (χ2v) is 8.62. The molecule has 1 atom stereocenters. The van der Waals surface area contributed by atoms with Gasteiger partial charge in [-0.1, -0.05) is 94.0 Å². The first kappa shape index (κ1) is 18.7. The van der Waals surface area contributed by atoms with Crippen molar-refractivity contribution < 1.29 is 0 Å². The van der Waals surface area contributed by atoms with Crippen LogP contribution in [0.3, 0.4) is 0 Å². The largest absolute Gasteiger partial charge is 0.303 e. The lowest BCUT2D eigenvalue weighted by Crippen LogP contribution is -2.23. The molecule has 0 radical (unpaired) electrons. The Kier molecular flexibility index (Phi) is 6.29. The van der Waals surface area contributed by atoms with Crippen molar-refractivity contribution >= 4 is 0 Å². The van der Waals surface area contributed by atoms with Gasteiger partial charge in [-0.3, -0.25) is 0 Å². The van der Waals surface area contributed by atoms with Crippen LogP contribution in [0.1, 0.15) is 75.3 Å². The lowest BCUT2D eigenvalue weighted by Gasteiger charge is -2.22. The minimum Gasteiger partial charge on any atom is -0.303 e. The van der Waals surface area contributed by atoms with Crippen LogP contribution in [0.5, 0.6) is 0 Å². The fraction of sp³-hybridized carbons (Fsp3) is 0.538. The smallest absolute Gasteiger partial charge is 0.0143 e. The maximum absolute atomic E-state index is 2.74. The molecule has 0 amide bonds. The van der Waals surface area contributed by atoms with Crippen LogP contribution in [0.4, 0.5) is 0 Å². The van der Waals surface area contributed by atoms with Gasteiger partial charge in [0.1, 0.15) is 0 Å². The molecule has 1 heterocycles. The SMILES string of the molecule is CCCCCCCCCN1CCC(C2c3ccccc3-c3ccccc32)C1. The Morgan fingerprint density at radius 3 is 2.04 bits per heavy atom. The predicted molar refractivity (Wildman–Crippen MR) is 116 cm³/mol. The molecule has 1 nitrogen and oxygen atoms in total. The van der Waals surface area contributed by atoms with Crippen molar-refractivity contribution in [1.29, 1.82) is 0 Å². The Bertz CT molecular complexity index is 689. The zero-order valence-electron chi connectivity index (χ0n) is 17.0. The fourth-order valence-electron chi connectivity index (χ4n) is 5.33. The molecule has 2 aromatic rings. The molecule has 27 heavy (non-hydrogen) atoms. The lowest BCUT2D eigenvalue weighted by atomic mass is 9.83. The molecule has 0 aromatic heterocycles. The molecule has 2 aromatic carbocycles. The summed E-state index contributed by atoms with van der Waals surface area (Å²) in [6, 6.07) is 18.2. The van der Waals surface area contributed by atoms with Crippen LogP contribution in [0.15, 0.2) is 48.5 Å². The van der Waals surface area contributed by atoms with Crippen LogP contribution in [0.2, 0.25) is 0 Å². The van der Waals surface area contributed by atoms with Crippen LogP contribution in [-0.4, -0.2) is 24.5 Å². The van der Waals surface area contributed by atoms with E-state index in [0.717, 1.165) is 5.92 Å². The van der Waals surface area contributed by atoms with Crippen molar-refractivity contribution in [3.05, 3.63) is 59.7 Å². The molecule has 0 spiro atoms. The van der Waals surface area contributed by atoms with Gasteiger partial charge in [0.2, 0.25) is 0 Å². The van der Waals surface area contributed by atoms with Gasteiger partial charge in [-0.2, -0.15) is 0 Å². The maximum Gasteiger partial charge on any atom is 0.0143 e. The molecule has 0 N–H and O–H groups in total. The Balaban J connectivity index is 1.33. The number of fused-ring (bicyclic) bond motifs is 3. The Labute approximate surface area is 165 Å². The van der Waals surface area contributed by atoms with E-state index < -0.39 is 0 Å². The summed E-state index contributed by atoms with van der Waals surface area (Å²) in [6.07, 6.45) is 11.2. The number of nitrogens with zero attached hydrogens (tertiary/aromatic N) is 1. The minimum absolute atomic E-state index is 0.608. The molecule has 1 saturated heterocycles. The van der Waals surface area contributed by atoms with Crippen molar-refractivity contribution in [3.8, 4) is 11.1 Å². The molecule has 1 aliphatic heterocycles. The first-order chi connectivity index (χ1) is 13.4. The third-order valence-corrected chi connectivity index (χ3v) is 6.74. The average molecular weight is 362 g/mol. The summed E-state index contributed by atoms with van der Waals surface area (Å²) in [5, 5.41) is 0. The van der Waals surface area contributed by atoms with E-state index in [9.17, 15) is 0 Å². The highest BCUT2D eigenvalue weighted by Crippen LogP contribution is 2.49. The van der Waals surface area contributed by atoms with Crippen LogP contribution >= 0.6 is 0 Å². The van der Waals surface area contributed by atoms with E-state index in [0.29, 0.717) is 5.92 Å².